The number of carboxylic acids is 1. The number of carbonyl (C=O) groups excluding carboxylic acids is 2. The molecule has 1 atom stereocenters. The number of fused-ring (bicyclic) bond motifs is 3. The zero-order valence-corrected chi connectivity index (χ0v) is 19.4. The highest BCUT2D eigenvalue weighted by atomic mass is 16.5. The number of hydrogen-bond donors (Lipinski definition) is 3. The molecule has 0 bridgehead atoms. The fourth-order valence-corrected chi connectivity index (χ4v) is 4.32. The van der Waals surface area contributed by atoms with Crippen molar-refractivity contribution in [1.29, 1.82) is 0 Å². The van der Waals surface area contributed by atoms with E-state index in [2.05, 4.69) is 22.8 Å². The molecule has 8 heteroatoms. The molecule has 0 saturated carbocycles. The van der Waals surface area contributed by atoms with Crippen molar-refractivity contribution in [2.45, 2.75) is 25.3 Å². The Morgan fingerprint density at radius 2 is 1.60 bits per heavy atom. The molecule has 0 aliphatic heterocycles. The second-order valence-electron chi connectivity index (χ2n) is 8.34. The van der Waals surface area contributed by atoms with Gasteiger partial charge in [0.25, 0.3) is 5.91 Å². The van der Waals surface area contributed by atoms with E-state index in [1.807, 2.05) is 36.4 Å². The van der Waals surface area contributed by atoms with Gasteiger partial charge < -0.3 is 19.9 Å². The Labute approximate surface area is 202 Å². The van der Waals surface area contributed by atoms with Crippen molar-refractivity contribution in [3.05, 3.63) is 83.4 Å². The Morgan fingerprint density at radius 1 is 0.971 bits per heavy atom. The summed E-state index contributed by atoms with van der Waals surface area (Å²) in [6.07, 6.45) is -0.823. The highest BCUT2D eigenvalue weighted by Gasteiger charge is 2.29. The van der Waals surface area contributed by atoms with Crippen LogP contribution >= 0.6 is 0 Å². The zero-order chi connectivity index (χ0) is 24.9. The second kappa shape index (κ2) is 10.3. The molecular formula is C27H26N2O6. The summed E-state index contributed by atoms with van der Waals surface area (Å²) < 4.78 is 10.9. The van der Waals surface area contributed by atoms with Crippen LogP contribution in [0.15, 0.2) is 66.7 Å². The lowest BCUT2D eigenvalue weighted by atomic mass is 9.98. The van der Waals surface area contributed by atoms with Crippen molar-refractivity contribution in [2.24, 2.45) is 0 Å². The molecule has 1 aliphatic rings. The largest absolute Gasteiger partial charge is 0.496 e. The quantitative estimate of drug-likeness (QED) is 0.438. The number of methoxy groups -OCH3 is 1. The molecule has 0 saturated heterocycles. The van der Waals surface area contributed by atoms with Crippen molar-refractivity contribution < 1.29 is 29.0 Å². The van der Waals surface area contributed by atoms with Crippen LogP contribution in [-0.2, 0) is 9.53 Å². The average molecular weight is 475 g/mol. The first-order valence-corrected chi connectivity index (χ1v) is 11.2. The minimum absolute atomic E-state index is 0.0541. The number of ether oxygens (including phenoxy) is 2. The van der Waals surface area contributed by atoms with E-state index in [0.29, 0.717) is 5.69 Å². The molecule has 1 aliphatic carbocycles. The molecule has 0 aromatic heterocycles. The molecule has 4 rings (SSSR count). The summed E-state index contributed by atoms with van der Waals surface area (Å²) in [6.45, 7) is 1.78. The van der Waals surface area contributed by atoms with Gasteiger partial charge in [-0.05, 0) is 41.3 Å². The molecule has 0 heterocycles. The first kappa shape index (κ1) is 23.8. The van der Waals surface area contributed by atoms with E-state index < -0.39 is 24.0 Å². The number of rotatable bonds is 8. The van der Waals surface area contributed by atoms with Crippen LogP contribution in [0.1, 0.15) is 40.7 Å². The van der Waals surface area contributed by atoms with Crippen LogP contribution in [0.25, 0.3) is 11.1 Å². The summed E-state index contributed by atoms with van der Waals surface area (Å²) in [4.78, 5) is 35.9. The van der Waals surface area contributed by atoms with Gasteiger partial charge in [-0.3, -0.25) is 14.9 Å². The van der Waals surface area contributed by atoms with Gasteiger partial charge in [0.2, 0.25) is 0 Å². The SMILES string of the molecule is COc1cc(NC(=O)OCC2c3ccccc3-c3ccccc32)ccc1C(=O)N[C@@H](C)CC(=O)O. The minimum atomic E-state index is -1.01. The Hall–Kier alpha value is -4.33. The number of hydrogen-bond acceptors (Lipinski definition) is 5. The lowest BCUT2D eigenvalue weighted by Crippen LogP contribution is -2.34. The average Bonchev–Trinajstić information content (AvgIpc) is 3.15. The minimum Gasteiger partial charge on any atom is -0.496 e. The van der Waals surface area contributed by atoms with E-state index in [4.69, 9.17) is 14.6 Å². The lowest BCUT2D eigenvalue weighted by molar-refractivity contribution is -0.137. The Morgan fingerprint density at radius 3 is 2.20 bits per heavy atom. The summed E-state index contributed by atoms with van der Waals surface area (Å²) >= 11 is 0. The molecule has 8 nitrogen and oxygen atoms in total. The smallest absolute Gasteiger partial charge is 0.411 e. The highest BCUT2D eigenvalue weighted by Crippen LogP contribution is 2.44. The van der Waals surface area contributed by atoms with Gasteiger partial charge in [-0.15, -0.1) is 0 Å². The van der Waals surface area contributed by atoms with Crippen LogP contribution < -0.4 is 15.4 Å². The summed E-state index contributed by atoms with van der Waals surface area (Å²) in [7, 11) is 1.41. The number of carboxylic acid groups (broad SMARTS) is 1. The third kappa shape index (κ3) is 5.27. The van der Waals surface area contributed by atoms with Gasteiger partial charge in [0.1, 0.15) is 12.4 Å². The predicted octanol–water partition coefficient (Wildman–Crippen LogP) is 4.65. The number of benzene rings is 3. The number of anilines is 1. The van der Waals surface area contributed by atoms with Crippen LogP contribution in [-0.4, -0.2) is 42.8 Å². The van der Waals surface area contributed by atoms with E-state index in [-0.39, 0.29) is 30.3 Å². The molecule has 35 heavy (non-hydrogen) atoms. The first-order valence-electron chi connectivity index (χ1n) is 11.2. The fraction of sp³-hybridized carbons (Fsp3) is 0.222. The maximum atomic E-state index is 12.6. The maximum absolute atomic E-state index is 12.6. The summed E-state index contributed by atoms with van der Waals surface area (Å²) in [5.41, 5.74) is 5.16. The molecule has 3 aromatic carbocycles. The highest BCUT2D eigenvalue weighted by molar-refractivity contribution is 5.98. The van der Waals surface area contributed by atoms with Crippen LogP contribution in [0, 0.1) is 0 Å². The van der Waals surface area contributed by atoms with E-state index in [0.717, 1.165) is 22.3 Å². The van der Waals surface area contributed by atoms with Gasteiger partial charge in [-0.25, -0.2) is 4.79 Å². The molecule has 0 spiro atoms. The predicted molar refractivity (Wildman–Crippen MR) is 131 cm³/mol. The van der Waals surface area contributed by atoms with Gasteiger partial charge in [-0.1, -0.05) is 48.5 Å². The summed E-state index contributed by atoms with van der Waals surface area (Å²) in [5.74, 6) is -1.29. The molecule has 180 valence electrons. The van der Waals surface area contributed by atoms with Gasteiger partial charge in [0, 0.05) is 23.7 Å². The number of nitrogens with one attached hydrogen (secondary N) is 2. The number of aliphatic carboxylic acids is 1. The third-order valence-corrected chi connectivity index (χ3v) is 5.89. The number of amides is 2. The van der Waals surface area contributed by atoms with E-state index in [1.165, 1.54) is 19.2 Å². The van der Waals surface area contributed by atoms with Gasteiger partial charge in [-0.2, -0.15) is 0 Å². The van der Waals surface area contributed by atoms with Crippen molar-refractivity contribution >= 4 is 23.7 Å². The monoisotopic (exact) mass is 474 g/mol. The van der Waals surface area contributed by atoms with Gasteiger partial charge in [0.15, 0.2) is 0 Å². The molecule has 0 unspecified atom stereocenters. The zero-order valence-electron chi connectivity index (χ0n) is 19.4. The second-order valence-corrected chi connectivity index (χ2v) is 8.34. The van der Waals surface area contributed by atoms with Crippen LogP contribution in [0.5, 0.6) is 5.75 Å². The van der Waals surface area contributed by atoms with E-state index in [1.54, 1.807) is 13.0 Å². The Kier molecular flexibility index (Phi) is 7.01. The van der Waals surface area contributed by atoms with Crippen LogP contribution in [0.2, 0.25) is 0 Å². The Bertz CT molecular complexity index is 1230. The van der Waals surface area contributed by atoms with Crippen molar-refractivity contribution in [1.82, 2.24) is 5.32 Å². The summed E-state index contributed by atoms with van der Waals surface area (Å²) in [6, 6.07) is 20.2. The molecule has 2 amide bonds. The molecule has 3 aromatic rings. The fourth-order valence-electron chi connectivity index (χ4n) is 4.32. The van der Waals surface area contributed by atoms with Crippen molar-refractivity contribution in [3.8, 4) is 16.9 Å². The summed E-state index contributed by atoms with van der Waals surface area (Å²) in [5, 5.41) is 14.2. The molecule has 0 fully saturated rings. The topological polar surface area (TPSA) is 114 Å². The molecular weight excluding hydrogens is 448 g/mol. The van der Waals surface area contributed by atoms with Gasteiger partial charge >= 0.3 is 12.1 Å². The standard InChI is InChI=1S/C27H26N2O6/c1-16(13-25(30)31)28-26(32)22-12-11-17(14-24(22)34-2)29-27(33)35-15-23-20-9-5-3-7-18(20)19-8-4-6-10-21(19)23/h3-12,14,16,23H,13,15H2,1-2H3,(H,28,32)(H,29,33)(H,30,31)/t16-/m0/s1. The first-order chi connectivity index (χ1) is 16.9. The Balaban J connectivity index is 1.41. The van der Waals surface area contributed by atoms with Crippen LogP contribution in [0.4, 0.5) is 10.5 Å². The number of carbonyl (C=O) groups is 3. The van der Waals surface area contributed by atoms with E-state index in [9.17, 15) is 14.4 Å². The van der Waals surface area contributed by atoms with Crippen molar-refractivity contribution in [2.75, 3.05) is 19.0 Å². The lowest BCUT2D eigenvalue weighted by Gasteiger charge is -2.16. The van der Waals surface area contributed by atoms with Crippen molar-refractivity contribution in [3.63, 3.8) is 0 Å². The normalized spacial score (nSPS) is 12.7. The third-order valence-electron chi connectivity index (χ3n) is 5.89. The van der Waals surface area contributed by atoms with Crippen LogP contribution in [0.3, 0.4) is 0 Å². The maximum Gasteiger partial charge on any atom is 0.411 e. The van der Waals surface area contributed by atoms with Gasteiger partial charge in [0.05, 0.1) is 19.1 Å². The van der Waals surface area contributed by atoms with E-state index >= 15 is 0 Å². The molecule has 3 N–H and O–H groups in total. The molecule has 0 radical (unpaired) electrons.